The maximum Gasteiger partial charge on any atom is 0.0277 e. The van der Waals surface area contributed by atoms with E-state index in [2.05, 4.69) is 56.8 Å². The van der Waals surface area contributed by atoms with Crippen LogP contribution < -0.4 is 5.32 Å². The van der Waals surface area contributed by atoms with Crippen LogP contribution >= 0.6 is 0 Å². The number of hydrogen-bond donors (Lipinski definition) is 1. The molecule has 1 saturated heterocycles. The highest BCUT2D eigenvalue weighted by atomic mass is 15.3. The Morgan fingerprint density at radius 2 is 1.89 bits per heavy atom. The summed E-state index contributed by atoms with van der Waals surface area (Å²) in [5, 5.41) is 3.75. The van der Waals surface area contributed by atoms with Crippen LogP contribution in [0.2, 0.25) is 0 Å². The Morgan fingerprint density at radius 1 is 1.21 bits per heavy atom. The van der Waals surface area contributed by atoms with Gasteiger partial charge < -0.3 is 5.32 Å². The molecule has 19 heavy (non-hydrogen) atoms. The molecule has 2 atom stereocenters. The van der Waals surface area contributed by atoms with Gasteiger partial charge in [-0.15, -0.1) is 0 Å². The maximum absolute atomic E-state index is 3.75. The zero-order chi connectivity index (χ0) is 14.5. The fourth-order valence-electron chi connectivity index (χ4n) is 2.84. The van der Waals surface area contributed by atoms with Gasteiger partial charge in [0.25, 0.3) is 0 Å². The van der Waals surface area contributed by atoms with Gasteiger partial charge in [-0.2, -0.15) is 0 Å². The van der Waals surface area contributed by atoms with E-state index in [0.717, 1.165) is 12.5 Å². The molecule has 1 N–H and O–H groups in total. The van der Waals surface area contributed by atoms with E-state index in [1.165, 1.54) is 39.0 Å². The average molecular weight is 269 g/mol. The topological polar surface area (TPSA) is 18.5 Å². The first-order chi connectivity index (χ1) is 8.90. The SMILES string of the molecule is CCCNC(CN1CCN(C)C(C)(C)C1)C(C)CC. The third-order valence-electron chi connectivity index (χ3n) is 4.84. The lowest BCUT2D eigenvalue weighted by Gasteiger charge is -2.46. The van der Waals surface area contributed by atoms with E-state index in [-0.39, 0.29) is 0 Å². The Labute approximate surface area is 120 Å². The van der Waals surface area contributed by atoms with Crippen LogP contribution in [0.4, 0.5) is 0 Å². The molecule has 0 aromatic heterocycles. The second-order valence-electron chi connectivity index (χ2n) is 6.92. The minimum atomic E-state index is 0.309. The van der Waals surface area contributed by atoms with Crippen molar-refractivity contribution in [3.63, 3.8) is 0 Å². The van der Waals surface area contributed by atoms with E-state index in [1.54, 1.807) is 0 Å². The van der Waals surface area contributed by atoms with Crippen LogP contribution in [0, 0.1) is 5.92 Å². The highest BCUT2D eigenvalue weighted by Crippen LogP contribution is 2.20. The Morgan fingerprint density at radius 3 is 2.42 bits per heavy atom. The Bertz CT molecular complexity index is 252. The van der Waals surface area contributed by atoms with Crippen molar-refractivity contribution in [3.8, 4) is 0 Å². The van der Waals surface area contributed by atoms with E-state index < -0.39 is 0 Å². The molecule has 1 aliphatic heterocycles. The van der Waals surface area contributed by atoms with Gasteiger partial charge in [0.05, 0.1) is 0 Å². The highest BCUT2D eigenvalue weighted by Gasteiger charge is 2.32. The molecule has 2 unspecified atom stereocenters. The summed E-state index contributed by atoms with van der Waals surface area (Å²) in [6, 6.07) is 0.643. The largest absolute Gasteiger partial charge is 0.312 e. The summed E-state index contributed by atoms with van der Waals surface area (Å²) in [6.45, 7) is 17.6. The van der Waals surface area contributed by atoms with Crippen molar-refractivity contribution < 1.29 is 0 Å². The molecule has 0 radical (unpaired) electrons. The van der Waals surface area contributed by atoms with Gasteiger partial charge in [0.15, 0.2) is 0 Å². The van der Waals surface area contributed by atoms with E-state index in [0.29, 0.717) is 11.6 Å². The Balaban J connectivity index is 2.54. The van der Waals surface area contributed by atoms with Gasteiger partial charge in [0.2, 0.25) is 0 Å². The normalized spacial score (nSPS) is 24.3. The van der Waals surface area contributed by atoms with Crippen molar-refractivity contribution in [1.82, 2.24) is 15.1 Å². The molecule has 0 aromatic rings. The summed E-state index contributed by atoms with van der Waals surface area (Å²) in [4.78, 5) is 5.14. The van der Waals surface area contributed by atoms with E-state index >= 15 is 0 Å². The summed E-state index contributed by atoms with van der Waals surface area (Å²) < 4.78 is 0. The molecule has 0 bridgehead atoms. The van der Waals surface area contributed by atoms with Gasteiger partial charge in [0.1, 0.15) is 0 Å². The number of nitrogens with one attached hydrogen (secondary N) is 1. The van der Waals surface area contributed by atoms with Crippen molar-refractivity contribution in [2.45, 2.75) is 59.0 Å². The van der Waals surface area contributed by atoms with Crippen molar-refractivity contribution in [3.05, 3.63) is 0 Å². The smallest absolute Gasteiger partial charge is 0.0277 e. The summed E-state index contributed by atoms with van der Waals surface area (Å²) >= 11 is 0. The number of rotatable bonds is 7. The molecule has 114 valence electrons. The molecule has 3 heteroatoms. The lowest BCUT2D eigenvalue weighted by atomic mass is 9.95. The van der Waals surface area contributed by atoms with Gasteiger partial charge in [-0.1, -0.05) is 27.2 Å². The molecule has 1 fully saturated rings. The minimum Gasteiger partial charge on any atom is -0.312 e. The van der Waals surface area contributed by atoms with E-state index in [9.17, 15) is 0 Å². The molecule has 1 heterocycles. The molecular weight excluding hydrogens is 234 g/mol. The summed E-state index contributed by atoms with van der Waals surface area (Å²) in [5.74, 6) is 0.759. The number of piperazine rings is 1. The van der Waals surface area contributed by atoms with Crippen LogP contribution in [0.1, 0.15) is 47.5 Å². The fourth-order valence-corrected chi connectivity index (χ4v) is 2.84. The molecular formula is C16H35N3. The number of likely N-dealkylation sites (N-methyl/N-ethyl adjacent to an activating group) is 1. The zero-order valence-corrected chi connectivity index (χ0v) is 14.0. The predicted molar refractivity (Wildman–Crippen MR) is 84.7 cm³/mol. The third kappa shape index (κ3) is 5.05. The van der Waals surface area contributed by atoms with Crippen molar-refractivity contribution in [2.24, 2.45) is 5.92 Å². The second-order valence-corrected chi connectivity index (χ2v) is 6.92. The van der Waals surface area contributed by atoms with Gasteiger partial charge >= 0.3 is 0 Å². The molecule has 0 spiro atoms. The number of nitrogens with zero attached hydrogens (tertiary/aromatic N) is 2. The van der Waals surface area contributed by atoms with Crippen LogP contribution in [-0.4, -0.2) is 61.2 Å². The Kier molecular flexibility index (Phi) is 6.78. The van der Waals surface area contributed by atoms with Gasteiger partial charge in [0, 0.05) is 37.8 Å². The fraction of sp³-hybridized carbons (Fsp3) is 1.00. The summed E-state index contributed by atoms with van der Waals surface area (Å²) in [5.41, 5.74) is 0.309. The van der Waals surface area contributed by atoms with Crippen molar-refractivity contribution in [2.75, 3.05) is 39.8 Å². The molecule has 1 rings (SSSR count). The first-order valence-electron chi connectivity index (χ1n) is 8.07. The molecule has 0 aromatic carbocycles. The highest BCUT2D eigenvalue weighted by molar-refractivity contribution is 4.90. The monoisotopic (exact) mass is 269 g/mol. The van der Waals surface area contributed by atoms with Gasteiger partial charge in [-0.25, -0.2) is 0 Å². The Hall–Kier alpha value is -0.120. The zero-order valence-electron chi connectivity index (χ0n) is 14.0. The van der Waals surface area contributed by atoms with Crippen LogP contribution in [0.5, 0.6) is 0 Å². The summed E-state index contributed by atoms with van der Waals surface area (Å²) in [6.07, 6.45) is 2.49. The molecule has 3 nitrogen and oxygen atoms in total. The summed E-state index contributed by atoms with van der Waals surface area (Å²) in [7, 11) is 2.25. The van der Waals surface area contributed by atoms with Crippen LogP contribution in [0.3, 0.4) is 0 Å². The van der Waals surface area contributed by atoms with Gasteiger partial charge in [-0.05, 0) is 39.8 Å². The maximum atomic E-state index is 3.75. The third-order valence-corrected chi connectivity index (χ3v) is 4.84. The average Bonchev–Trinajstić information content (AvgIpc) is 2.37. The minimum absolute atomic E-state index is 0.309. The van der Waals surface area contributed by atoms with Crippen molar-refractivity contribution in [1.29, 1.82) is 0 Å². The molecule has 0 saturated carbocycles. The molecule has 0 amide bonds. The van der Waals surface area contributed by atoms with Crippen molar-refractivity contribution >= 4 is 0 Å². The van der Waals surface area contributed by atoms with E-state index in [1.807, 2.05) is 0 Å². The first kappa shape index (κ1) is 16.9. The van der Waals surface area contributed by atoms with Crippen LogP contribution in [0.25, 0.3) is 0 Å². The quantitative estimate of drug-likeness (QED) is 0.766. The van der Waals surface area contributed by atoms with Crippen LogP contribution in [-0.2, 0) is 0 Å². The second kappa shape index (κ2) is 7.61. The molecule has 0 aliphatic carbocycles. The van der Waals surface area contributed by atoms with E-state index in [4.69, 9.17) is 0 Å². The standard InChI is InChI=1S/C16H35N3/c1-7-9-17-15(14(3)8-2)12-19-11-10-18(6)16(4,5)13-19/h14-15,17H,7-13H2,1-6H3. The van der Waals surface area contributed by atoms with Gasteiger partial charge in [-0.3, -0.25) is 9.80 Å². The number of hydrogen-bond acceptors (Lipinski definition) is 3. The van der Waals surface area contributed by atoms with Crippen LogP contribution in [0.15, 0.2) is 0 Å². The molecule has 1 aliphatic rings. The first-order valence-corrected chi connectivity index (χ1v) is 8.07. The lowest BCUT2D eigenvalue weighted by Crippen LogP contribution is -2.60. The lowest BCUT2D eigenvalue weighted by molar-refractivity contribution is 0.0317. The predicted octanol–water partition coefficient (Wildman–Crippen LogP) is 2.43.